The SMILES string of the molecule is COC(=O)NC1CCN(CC(C)CN)C1. The van der Waals surface area contributed by atoms with Crippen molar-refractivity contribution in [2.45, 2.75) is 19.4 Å². The molecule has 15 heavy (non-hydrogen) atoms. The Morgan fingerprint density at radius 2 is 2.47 bits per heavy atom. The van der Waals surface area contributed by atoms with Crippen LogP contribution in [0.2, 0.25) is 0 Å². The Bertz CT molecular complexity index is 211. The van der Waals surface area contributed by atoms with Crippen LogP contribution in [0.25, 0.3) is 0 Å². The molecule has 2 atom stereocenters. The fraction of sp³-hybridized carbons (Fsp3) is 0.900. The van der Waals surface area contributed by atoms with Crippen molar-refractivity contribution in [1.82, 2.24) is 10.2 Å². The molecule has 5 nitrogen and oxygen atoms in total. The molecule has 88 valence electrons. The molecule has 0 spiro atoms. The fourth-order valence-electron chi connectivity index (χ4n) is 1.86. The van der Waals surface area contributed by atoms with Gasteiger partial charge >= 0.3 is 6.09 Å². The molecule has 3 N–H and O–H groups in total. The summed E-state index contributed by atoms with van der Waals surface area (Å²) in [6.45, 7) is 5.79. The van der Waals surface area contributed by atoms with Crippen molar-refractivity contribution in [3.05, 3.63) is 0 Å². The van der Waals surface area contributed by atoms with Gasteiger partial charge in [0.1, 0.15) is 0 Å². The summed E-state index contributed by atoms with van der Waals surface area (Å²) >= 11 is 0. The van der Waals surface area contributed by atoms with Gasteiger partial charge in [-0.3, -0.25) is 0 Å². The molecule has 1 rings (SSSR count). The number of nitrogens with zero attached hydrogens (tertiary/aromatic N) is 1. The minimum absolute atomic E-state index is 0.224. The zero-order chi connectivity index (χ0) is 11.3. The number of ether oxygens (including phenoxy) is 1. The molecule has 0 aromatic heterocycles. The van der Waals surface area contributed by atoms with Crippen molar-refractivity contribution in [2.24, 2.45) is 11.7 Å². The van der Waals surface area contributed by atoms with E-state index in [1.807, 2.05) is 0 Å². The van der Waals surface area contributed by atoms with Gasteiger partial charge in [-0.15, -0.1) is 0 Å². The van der Waals surface area contributed by atoms with E-state index in [9.17, 15) is 4.79 Å². The van der Waals surface area contributed by atoms with E-state index >= 15 is 0 Å². The Morgan fingerprint density at radius 1 is 1.73 bits per heavy atom. The molecule has 0 aromatic carbocycles. The molecule has 1 fully saturated rings. The van der Waals surface area contributed by atoms with Crippen molar-refractivity contribution < 1.29 is 9.53 Å². The van der Waals surface area contributed by atoms with E-state index < -0.39 is 0 Å². The lowest BCUT2D eigenvalue weighted by Gasteiger charge is -2.19. The van der Waals surface area contributed by atoms with Crippen LogP contribution in [-0.4, -0.2) is 50.3 Å². The van der Waals surface area contributed by atoms with Gasteiger partial charge in [0.15, 0.2) is 0 Å². The number of nitrogens with one attached hydrogen (secondary N) is 1. The van der Waals surface area contributed by atoms with Crippen molar-refractivity contribution >= 4 is 6.09 Å². The first kappa shape index (κ1) is 12.3. The number of alkyl carbamates (subject to hydrolysis) is 1. The second-order valence-electron chi connectivity index (χ2n) is 4.22. The van der Waals surface area contributed by atoms with Crippen LogP contribution in [0.1, 0.15) is 13.3 Å². The van der Waals surface area contributed by atoms with E-state index in [2.05, 4.69) is 21.9 Å². The average Bonchev–Trinajstić information content (AvgIpc) is 2.65. The van der Waals surface area contributed by atoms with E-state index in [1.54, 1.807) is 0 Å². The number of hydrogen-bond donors (Lipinski definition) is 2. The van der Waals surface area contributed by atoms with Gasteiger partial charge in [0.05, 0.1) is 7.11 Å². The van der Waals surface area contributed by atoms with Gasteiger partial charge in [-0.2, -0.15) is 0 Å². The Labute approximate surface area is 90.9 Å². The number of hydrogen-bond acceptors (Lipinski definition) is 4. The van der Waals surface area contributed by atoms with Crippen LogP contribution in [0.15, 0.2) is 0 Å². The van der Waals surface area contributed by atoms with Crippen LogP contribution in [0, 0.1) is 5.92 Å². The van der Waals surface area contributed by atoms with Gasteiger partial charge in [0, 0.05) is 25.7 Å². The van der Waals surface area contributed by atoms with Crippen LogP contribution < -0.4 is 11.1 Å². The molecule has 5 heteroatoms. The van der Waals surface area contributed by atoms with Gasteiger partial charge in [0.25, 0.3) is 0 Å². The number of carbonyl (C=O) groups excluding carboxylic acids is 1. The molecule has 0 saturated carbocycles. The topological polar surface area (TPSA) is 67.6 Å². The van der Waals surface area contributed by atoms with Gasteiger partial charge in [-0.05, 0) is 18.9 Å². The summed E-state index contributed by atoms with van der Waals surface area (Å²) in [5.41, 5.74) is 5.57. The molecule has 1 aliphatic rings. The van der Waals surface area contributed by atoms with Crippen molar-refractivity contribution in [3.63, 3.8) is 0 Å². The number of methoxy groups -OCH3 is 1. The van der Waals surface area contributed by atoms with E-state index in [-0.39, 0.29) is 12.1 Å². The third kappa shape index (κ3) is 4.05. The summed E-state index contributed by atoms with van der Waals surface area (Å²) in [6.07, 6.45) is 0.653. The third-order valence-electron chi connectivity index (χ3n) is 2.75. The number of rotatable bonds is 4. The van der Waals surface area contributed by atoms with E-state index in [4.69, 9.17) is 5.73 Å². The quantitative estimate of drug-likeness (QED) is 0.693. The van der Waals surface area contributed by atoms with Crippen LogP contribution in [0.5, 0.6) is 0 Å². The average molecular weight is 215 g/mol. The second-order valence-corrected chi connectivity index (χ2v) is 4.22. The van der Waals surface area contributed by atoms with E-state index in [0.717, 1.165) is 26.1 Å². The van der Waals surface area contributed by atoms with Crippen LogP contribution in [0.3, 0.4) is 0 Å². The predicted molar refractivity (Wildman–Crippen MR) is 58.6 cm³/mol. The molecule has 1 heterocycles. The first-order valence-electron chi connectivity index (χ1n) is 5.42. The number of carbonyl (C=O) groups is 1. The van der Waals surface area contributed by atoms with Crippen molar-refractivity contribution in [1.29, 1.82) is 0 Å². The van der Waals surface area contributed by atoms with Gasteiger partial charge in [0.2, 0.25) is 0 Å². The molecular weight excluding hydrogens is 194 g/mol. The Kier molecular flexibility index (Phi) is 4.84. The zero-order valence-corrected chi connectivity index (χ0v) is 9.53. The largest absolute Gasteiger partial charge is 0.453 e. The molecule has 1 aliphatic heterocycles. The summed E-state index contributed by atoms with van der Waals surface area (Å²) in [6, 6.07) is 0.224. The van der Waals surface area contributed by atoms with Gasteiger partial charge < -0.3 is 20.7 Å². The highest BCUT2D eigenvalue weighted by Gasteiger charge is 2.24. The minimum Gasteiger partial charge on any atom is -0.453 e. The monoisotopic (exact) mass is 215 g/mol. The maximum Gasteiger partial charge on any atom is 0.407 e. The smallest absolute Gasteiger partial charge is 0.407 e. The lowest BCUT2D eigenvalue weighted by Crippen LogP contribution is -2.38. The molecule has 0 aromatic rings. The molecule has 2 unspecified atom stereocenters. The molecule has 0 aliphatic carbocycles. The predicted octanol–water partition coefficient (Wildman–Crippen LogP) is 0.0115. The summed E-state index contributed by atoms with van der Waals surface area (Å²) in [7, 11) is 1.39. The van der Waals surface area contributed by atoms with Crippen LogP contribution >= 0.6 is 0 Å². The Hall–Kier alpha value is -0.810. The summed E-state index contributed by atoms with van der Waals surface area (Å²) in [5.74, 6) is 0.516. The Balaban J connectivity index is 2.23. The molecule has 1 amide bonds. The number of likely N-dealkylation sites (tertiary alicyclic amines) is 1. The summed E-state index contributed by atoms with van der Waals surface area (Å²) < 4.78 is 4.56. The van der Waals surface area contributed by atoms with E-state index in [0.29, 0.717) is 12.5 Å². The highest BCUT2D eigenvalue weighted by molar-refractivity contribution is 5.67. The van der Waals surface area contributed by atoms with Crippen molar-refractivity contribution in [3.8, 4) is 0 Å². The normalized spacial score (nSPS) is 23.8. The second kappa shape index (κ2) is 5.92. The molecule has 0 bridgehead atoms. The Morgan fingerprint density at radius 3 is 3.07 bits per heavy atom. The van der Waals surface area contributed by atoms with Crippen LogP contribution in [-0.2, 0) is 4.74 Å². The van der Waals surface area contributed by atoms with Gasteiger partial charge in [-0.25, -0.2) is 4.79 Å². The van der Waals surface area contributed by atoms with E-state index in [1.165, 1.54) is 7.11 Å². The summed E-state index contributed by atoms with van der Waals surface area (Å²) in [4.78, 5) is 13.3. The molecular formula is C10H21N3O2. The minimum atomic E-state index is -0.339. The maximum atomic E-state index is 11.0. The zero-order valence-electron chi connectivity index (χ0n) is 9.53. The standard InChI is InChI=1S/C10H21N3O2/c1-8(5-11)6-13-4-3-9(7-13)12-10(14)15-2/h8-9H,3-7,11H2,1-2H3,(H,12,14). The van der Waals surface area contributed by atoms with Gasteiger partial charge in [-0.1, -0.05) is 6.92 Å². The maximum absolute atomic E-state index is 11.0. The van der Waals surface area contributed by atoms with Crippen LogP contribution in [0.4, 0.5) is 4.79 Å². The third-order valence-corrected chi connectivity index (χ3v) is 2.75. The summed E-state index contributed by atoms with van der Waals surface area (Å²) in [5, 5.41) is 2.82. The lowest BCUT2D eigenvalue weighted by molar-refractivity contribution is 0.166. The highest BCUT2D eigenvalue weighted by Crippen LogP contribution is 2.11. The van der Waals surface area contributed by atoms with Crippen molar-refractivity contribution in [2.75, 3.05) is 33.3 Å². The number of nitrogens with two attached hydrogens (primary N) is 1. The molecule has 1 saturated heterocycles. The fourth-order valence-corrected chi connectivity index (χ4v) is 1.86. The lowest BCUT2D eigenvalue weighted by atomic mass is 10.2. The first-order chi connectivity index (χ1) is 7.15. The highest BCUT2D eigenvalue weighted by atomic mass is 16.5. The molecule has 0 radical (unpaired) electrons. The number of amides is 1. The first-order valence-corrected chi connectivity index (χ1v) is 5.42.